The number of pyridine rings is 1. The lowest BCUT2D eigenvalue weighted by Crippen LogP contribution is -2.49. The predicted octanol–water partition coefficient (Wildman–Crippen LogP) is 4.16. The van der Waals surface area contributed by atoms with Crippen molar-refractivity contribution in [1.82, 2.24) is 19.7 Å². The van der Waals surface area contributed by atoms with Gasteiger partial charge in [-0.1, -0.05) is 13.3 Å². The number of aliphatic hydroxyl groups excluding tert-OH is 1. The van der Waals surface area contributed by atoms with Crippen molar-refractivity contribution < 1.29 is 5.11 Å². The summed E-state index contributed by atoms with van der Waals surface area (Å²) in [6, 6.07) is 3.08. The molecule has 1 saturated carbocycles. The average molecular weight is 371 g/mol. The van der Waals surface area contributed by atoms with Gasteiger partial charge in [-0.05, 0) is 70.0 Å². The van der Waals surface area contributed by atoms with Crippen LogP contribution in [0.4, 0.5) is 0 Å². The molecular formula is C22H34N4O. The molecule has 1 aliphatic heterocycles. The number of aliphatic hydroxyl groups is 1. The van der Waals surface area contributed by atoms with E-state index in [1.54, 1.807) is 0 Å². The topological polar surface area (TPSA) is 54.2 Å². The fourth-order valence-corrected chi connectivity index (χ4v) is 5.20. The van der Waals surface area contributed by atoms with E-state index < -0.39 is 0 Å². The van der Waals surface area contributed by atoms with Gasteiger partial charge in [0, 0.05) is 36.1 Å². The highest BCUT2D eigenvalue weighted by molar-refractivity contribution is 5.75. The highest BCUT2D eigenvalue weighted by atomic mass is 16.3. The van der Waals surface area contributed by atoms with E-state index in [4.69, 9.17) is 4.98 Å². The molecule has 5 heteroatoms. The zero-order chi connectivity index (χ0) is 19.0. The Bertz CT molecular complexity index is 771. The molecule has 4 atom stereocenters. The highest BCUT2D eigenvalue weighted by Crippen LogP contribution is 2.37. The van der Waals surface area contributed by atoms with Crippen LogP contribution < -0.4 is 0 Å². The zero-order valence-corrected chi connectivity index (χ0v) is 17.0. The second-order valence-corrected chi connectivity index (χ2v) is 9.12. The minimum atomic E-state index is -0.128. The number of hydrogen-bond donors (Lipinski definition) is 1. The van der Waals surface area contributed by atoms with E-state index >= 15 is 0 Å². The second kappa shape index (κ2) is 7.88. The molecule has 1 N–H and O–H groups in total. The molecule has 2 aromatic heterocycles. The lowest BCUT2D eigenvalue weighted by molar-refractivity contribution is -0.0204. The predicted molar refractivity (Wildman–Crippen MR) is 108 cm³/mol. The summed E-state index contributed by atoms with van der Waals surface area (Å²) in [4.78, 5) is 7.33. The molecule has 0 radical (unpaired) electrons. The molecule has 148 valence electrons. The van der Waals surface area contributed by atoms with Gasteiger partial charge in [-0.3, -0.25) is 4.90 Å². The van der Waals surface area contributed by atoms with Crippen LogP contribution in [0.1, 0.15) is 70.9 Å². The summed E-state index contributed by atoms with van der Waals surface area (Å²) < 4.78 is 1.99. The number of fused-ring (bicyclic) bond motifs is 1. The largest absolute Gasteiger partial charge is 0.393 e. The number of piperidine rings is 1. The SMILES string of the molecule is CC1CCC(O)C(C2CCCCN2Cc2cnc3c(cnn3C(C)C)c2)C1. The molecule has 27 heavy (non-hydrogen) atoms. The van der Waals surface area contributed by atoms with Gasteiger partial charge in [-0.15, -0.1) is 0 Å². The number of aromatic nitrogens is 3. The van der Waals surface area contributed by atoms with Crippen molar-refractivity contribution >= 4 is 11.0 Å². The zero-order valence-electron chi connectivity index (χ0n) is 17.0. The average Bonchev–Trinajstić information content (AvgIpc) is 3.08. The molecule has 2 fully saturated rings. The van der Waals surface area contributed by atoms with Gasteiger partial charge in [0.1, 0.15) is 0 Å². The standard InChI is InChI=1S/C22H34N4O/c1-15(2)26-22-18(13-24-26)11-17(12-23-22)14-25-9-5-4-6-20(25)19-10-16(3)7-8-21(19)27/h11-13,15-16,19-21,27H,4-10,14H2,1-3H3. The van der Waals surface area contributed by atoms with Crippen molar-refractivity contribution in [2.75, 3.05) is 6.54 Å². The molecule has 3 heterocycles. The van der Waals surface area contributed by atoms with Gasteiger partial charge in [0.25, 0.3) is 0 Å². The Hall–Kier alpha value is -1.46. The monoisotopic (exact) mass is 370 g/mol. The van der Waals surface area contributed by atoms with E-state index in [0.29, 0.717) is 18.0 Å². The fraction of sp³-hybridized carbons (Fsp3) is 0.727. The Morgan fingerprint density at radius 2 is 2.04 bits per heavy atom. The number of rotatable bonds is 4. The van der Waals surface area contributed by atoms with Crippen LogP contribution in [0.25, 0.3) is 11.0 Å². The summed E-state index contributed by atoms with van der Waals surface area (Å²) in [5.41, 5.74) is 2.23. The number of nitrogens with zero attached hydrogens (tertiary/aromatic N) is 4. The van der Waals surface area contributed by atoms with Crippen LogP contribution in [0, 0.1) is 11.8 Å². The van der Waals surface area contributed by atoms with Gasteiger partial charge in [0.05, 0.1) is 12.3 Å². The van der Waals surface area contributed by atoms with Gasteiger partial charge in [-0.25, -0.2) is 9.67 Å². The van der Waals surface area contributed by atoms with Gasteiger partial charge in [0.2, 0.25) is 0 Å². The first-order valence-electron chi connectivity index (χ1n) is 10.8. The van der Waals surface area contributed by atoms with Crippen molar-refractivity contribution in [2.24, 2.45) is 11.8 Å². The molecule has 0 bridgehead atoms. The van der Waals surface area contributed by atoms with Gasteiger partial charge in [-0.2, -0.15) is 5.10 Å². The summed E-state index contributed by atoms with van der Waals surface area (Å²) in [6.07, 6.45) is 10.9. The summed E-state index contributed by atoms with van der Waals surface area (Å²) in [6.45, 7) is 8.67. The number of likely N-dealkylation sites (tertiary alicyclic amines) is 1. The molecule has 5 nitrogen and oxygen atoms in total. The van der Waals surface area contributed by atoms with Crippen LogP contribution in [0.15, 0.2) is 18.5 Å². The first-order chi connectivity index (χ1) is 13.0. The maximum Gasteiger partial charge on any atom is 0.157 e. The maximum absolute atomic E-state index is 10.7. The molecule has 1 saturated heterocycles. The van der Waals surface area contributed by atoms with Crippen molar-refractivity contribution in [1.29, 1.82) is 0 Å². The van der Waals surface area contributed by atoms with Crippen LogP contribution in [-0.4, -0.2) is 43.5 Å². The Morgan fingerprint density at radius 3 is 2.85 bits per heavy atom. The minimum absolute atomic E-state index is 0.128. The lowest BCUT2D eigenvalue weighted by Gasteiger charge is -2.45. The molecule has 0 amide bonds. The van der Waals surface area contributed by atoms with E-state index in [9.17, 15) is 5.11 Å². The van der Waals surface area contributed by atoms with Crippen LogP contribution in [0.3, 0.4) is 0 Å². The summed E-state index contributed by atoms with van der Waals surface area (Å²) in [7, 11) is 0. The lowest BCUT2D eigenvalue weighted by atomic mass is 9.74. The Labute approximate surface area is 162 Å². The van der Waals surface area contributed by atoms with Crippen LogP contribution in [0.2, 0.25) is 0 Å². The Kier molecular flexibility index (Phi) is 5.51. The normalized spacial score (nSPS) is 30.3. The van der Waals surface area contributed by atoms with E-state index in [1.165, 1.54) is 37.7 Å². The third-order valence-electron chi connectivity index (χ3n) is 6.65. The van der Waals surface area contributed by atoms with E-state index in [1.807, 2.05) is 17.1 Å². The molecule has 2 aliphatic rings. The molecular weight excluding hydrogens is 336 g/mol. The second-order valence-electron chi connectivity index (χ2n) is 9.12. The van der Waals surface area contributed by atoms with E-state index in [-0.39, 0.29) is 6.10 Å². The molecule has 2 aromatic rings. The van der Waals surface area contributed by atoms with E-state index in [2.05, 4.69) is 36.8 Å². The molecule has 4 unspecified atom stereocenters. The Morgan fingerprint density at radius 1 is 1.19 bits per heavy atom. The molecule has 0 spiro atoms. The van der Waals surface area contributed by atoms with Crippen molar-refractivity contribution in [3.8, 4) is 0 Å². The number of hydrogen-bond acceptors (Lipinski definition) is 4. The van der Waals surface area contributed by atoms with Gasteiger partial charge in [0.15, 0.2) is 5.65 Å². The van der Waals surface area contributed by atoms with Crippen LogP contribution in [0.5, 0.6) is 0 Å². The first-order valence-corrected chi connectivity index (χ1v) is 10.8. The van der Waals surface area contributed by atoms with Gasteiger partial charge < -0.3 is 5.11 Å². The summed E-state index contributed by atoms with van der Waals surface area (Å²) in [5.74, 6) is 1.16. The van der Waals surface area contributed by atoms with E-state index in [0.717, 1.165) is 36.5 Å². The minimum Gasteiger partial charge on any atom is -0.393 e. The molecule has 0 aromatic carbocycles. The van der Waals surface area contributed by atoms with Crippen LogP contribution >= 0.6 is 0 Å². The molecule has 1 aliphatic carbocycles. The first kappa shape index (κ1) is 18.9. The summed E-state index contributed by atoms with van der Waals surface area (Å²) >= 11 is 0. The molecule has 4 rings (SSSR count). The van der Waals surface area contributed by atoms with Crippen molar-refractivity contribution in [3.05, 3.63) is 24.0 Å². The maximum atomic E-state index is 10.7. The van der Waals surface area contributed by atoms with Gasteiger partial charge >= 0.3 is 0 Å². The fourth-order valence-electron chi connectivity index (χ4n) is 5.20. The highest BCUT2D eigenvalue weighted by Gasteiger charge is 2.37. The van der Waals surface area contributed by atoms with Crippen molar-refractivity contribution in [3.63, 3.8) is 0 Å². The quantitative estimate of drug-likeness (QED) is 0.878. The Balaban J connectivity index is 1.53. The third-order valence-corrected chi connectivity index (χ3v) is 6.65. The van der Waals surface area contributed by atoms with Crippen LogP contribution in [-0.2, 0) is 6.54 Å². The summed E-state index contributed by atoms with van der Waals surface area (Å²) in [5, 5.41) is 16.3. The van der Waals surface area contributed by atoms with Crippen molar-refractivity contribution in [2.45, 2.75) is 84.0 Å². The smallest absolute Gasteiger partial charge is 0.157 e. The third kappa shape index (κ3) is 3.90.